The van der Waals surface area contributed by atoms with E-state index in [0.29, 0.717) is 0 Å². The van der Waals surface area contributed by atoms with Crippen LogP contribution in [0.4, 0.5) is 13.2 Å². The predicted molar refractivity (Wildman–Crippen MR) is 49.3 cm³/mol. The minimum atomic E-state index is -4.53. The van der Waals surface area contributed by atoms with Crippen molar-refractivity contribution in [1.82, 2.24) is 4.98 Å². The third-order valence-corrected chi connectivity index (χ3v) is 2.70. The van der Waals surface area contributed by atoms with Gasteiger partial charge in [-0.1, -0.05) is 0 Å². The monoisotopic (exact) mass is 287 g/mol. The van der Waals surface area contributed by atoms with Crippen molar-refractivity contribution in [1.29, 1.82) is 0 Å². The summed E-state index contributed by atoms with van der Waals surface area (Å²) in [6.07, 6.45) is -2.19. The van der Waals surface area contributed by atoms with Gasteiger partial charge in [0, 0.05) is 16.9 Å². The van der Waals surface area contributed by atoms with Gasteiger partial charge in [0.05, 0.1) is 16.4 Å². The number of pyridine rings is 1. The summed E-state index contributed by atoms with van der Waals surface area (Å²) in [6, 6.07) is 0.865. The van der Waals surface area contributed by atoms with Crippen LogP contribution in [0.25, 0.3) is 0 Å². The van der Waals surface area contributed by atoms with Gasteiger partial charge in [-0.25, -0.2) is 4.98 Å². The van der Waals surface area contributed by atoms with Crippen LogP contribution in [0.5, 0.6) is 0 Å². The molecule has 2 nitrogen and oxygen atoms in total. The normalized spacial score (nSPS) is 14.1. The molecule has 1 unspecified atom stereocenters. The first-order chi connectivity index (χ1) is 6.32. The summed E-state index contributed by atoms with van der Waals surface area (Å²) < 4.78 is 48.3. The highest BCUT2D eigenvalue weighted by atomic mass is 79.9. The zero-order valence-electron chi connectivity index (χ0n) is 6.93. The first kappa shape index (κ1) is 11.6. The summed E-state index contributed by atoms with van der Waals surface area (Å²) in [5.74, 6) is 0. The molecular weight excluding hydrogens is 283 g/mol. The molecule has 1 atom stereocenters. The van der Waals surface area contributed by atoms with Gasteiger partial charge >= 0.3 is 6.18 Å². The van der Waals surface area contributed by atoms with Crippen molar-refractivity contribution in [2.45, 2.75) is 11.2 Å². The second kappa shape index (κ2) is 3.98. The molecule has 0 saturated heterocycles. The van der Waals surface area contributed by atoms with Crippen LogP contribution in [0.1, 0.15) is 5.56 Å². The molecule has 78 valence electrons. The minimum absolute atomic E-state index is 0.207. The van der Waals surface area contributed by atoms with Crippen molar-refractivity contribution < 1.29 is 17.4 Å². The van der Waals surface area contributed by atoms with Crippen molar-refractivity contribution in [2.24, 2.45) is 0 Å². The van der Waals surface area contributed by atoms with E-state index in [4.69, 9.17) is 0 Å². The average molecular weight is 288 g/mol. The minimum Gasteiger partial charge on any atom is -0.253 e. The van der Waals surface area contributed by atoms with Gasteiger partial charge in [0.1, 0.15) is 5.03 Å². The second-order valence-corrected chi connectivity index (χ2v) is 4.67. The molecule has 1 aromatic heterocycles. The van der Waals surface area contributed by atoms with Crippen molar-refractivity contribution in [3.05, 3.63) is 22.3 Å². The Morgan fingerprint density at radius 3 is 2.50 bits per heavy atom. The van der Waals surface area contributed by atoms with Crippen molar-refractivity contribution in [3.8, 4) is 0 Å². The van der Waals surface area contributed by atoms with Gasteiger partial charge in [-0.05, 0) is 22.0 Å². The lowest BCUT2D eigenvalue weighted by molar-refractivity contribution is -0.140. The molecular formula is C7H5BrF3NOS. The third-order valence-electron chi connectivity index (χ3n) is 1.40. The van der Waals surface area contributed by atoms with Crippen molar-refractivity contribution >= 4 is 26.7 Å². The number of hydrogen-bond donors (Lipinski definition) is 0. The summed E-state index contributed by atoms with van der Waals surface area (Å²) in [7, 11) is -1.75. The molecule has 1 rings (SSSR count). The summed E-state index contributed by atoms with van der Waals surface area (Å²) in [6.45, 7) is 0. The molecule has 0 aliphatic rings. The van der Waals surface area contributed by atoms with E-state index in [1.165, 1.54) is 6.20 Å². The lowest BCUT2D eigenvalue weighted by atomic mass is 10.3. The molecule has 0 N–H and O–H groups in total. The number of rotatable bonds is 1. The molecule has 0 amide bonds. The van der Waals surface area contributed by atoms with Gasteiger partial charge in [0.25, 0.3) is 0 Å². The van der Waals surface area contributed by atoms with Gasteiger partial charge in [-0.3, -0.25) is 4.21 Å². The Bertz CT molecular complexity index is 380. The molecule has 0 bridgehead atoms. The zero-order chi connectivity index (χ0) is 10.9. The van der Waals surface area contributed by atoms with E-state index >= 15 is 0 Å². The topological polar surface area (TPSA) is 30.0 Å². The molecule has 7 heteroatoms. The number of nitrogens with zero attached hydrogens (tertiary/aromatic N) is 1. The fourth-order valence-electron chi connectivity index (χ4n) is 0.859. The standard InChI is InChI=1S/C7H5BrF3NOS/c1-14(13)6-5(7(9,10)11)2-4(8)3-12-6/h2-3H,1H3. The van der Waals surface area contributed by atoms with E-state index in [0.717, 1.165) is 12.3 Å². The number of aromatic nitrogens is 1. The smallest absolute Gasteiger partial charge is 0.253 e. The molecule has 0 fully saturated rings. The Morgan fingerprint density at radius 1 is 1.50 bits per heavy atom. The second-order valence-electron chi connectivity index (χ2n) is 2.46. The van der Waals surface area contributed by atoms with Crippen LogP contribution in [0.3, 0.4) is 0 Å². The molecule has 0 aromatic carbocycles. The van der Waals surface area contributed by atoms with Gasteiger partial charge < -0.3 is 0 Å². The largest absolute Gasteiger partial charge is 0.419 e. The first-order valence-corrected chi connectivity index (χ1v) is 5.73. The lowest BCUT2D eigenvalue weighted by Crippen LogP contribution is -2.11. The maximum absolute atomic E-state index is 12.4. The molecule has 1 heterocycles. The number of alkyl halides is 3. The molecule has 0 aliphatic carbocycles. The summed E-state index contributed by atoms with van der Waals surface area (Å²) in [5.41, 5.74) is -0.965. The Morgan fingerprint density at radius 2 is 2.07 bits per heavy atom. The Kier molecular flexibility index (Phi) is 3.31. The summed E-state index contributed by atoms with van der Waals surface area (Å²) >= 11 is 2.88. The van der Waals surface area contributed by atoms with E-state index in [1.807, 2.05) is 0 Å². The highest BCUT2D eigenvalue weighted by Crippen LogP contribution is 2.33. The predicted octanol–water partition coefficient (Wildman–Crippen LogP) is 2.60. The average Bonchev–Trinajstić information content (AvgIpc) is 2.01. The van der Waals surface area contributed by atoms with Gasteiger partial charge in [0.15, 0.2) is 0 Å². The van der Waals surface area contributed by atoms with E-state index in [9.17, 15) is 17.4 Å². The highest BCUT2D eigenvalue weighted by molar-refractivity contribution is 9.10. The molecule has 0 radical (unpaired) electrons. The van der Waals surface area contributed by atoms with Crippen LogP contribution in [-0.2, 0) is 17.0 Å². The van der Waals surface area contributed by atoms with Crippen LogP contribution < -0.4 is 0 Å². The molecule has 14 heavy (non-hydrogen) atoms. The summed E-state index contributed by atoms with van der Waals surface area (Å²) in [4.78, 5) is 3.48. The Labute approximate surface area is 89.1 Å². The fourth-order valence-corrected chi connectivity index (χ4v) is 1.88. The van der Waals surface area contributed by atoms with Crippen LogP contribution in [0.15, 0.2) is 21.8 Å². The molecule has 0 saturated carbocycles. The quantitative estimate of drug-likeness (QED) is 0.795. The zero-order valence-corrected chi connectivity index (χ0v) is 9.33. The van der Waals surface area contributed by atoms with E-state index < -0.39 is 27.6 Å². The van der Waals surface area contributed by atoms with Crippen LogP contribution in [-0.4, -0.2) is 15.4 Å². The maximum Gasteiger partial charge on any atom is 0.419 e. The first-order valence-electron chi connectivity index (χ1n) is 3.38. The Balaban J connectivity index is 3.38. The fraction of sp³-hybridized carbons (Fsp3) is 0.286. The lowest BCUT2D eigenvalue weighted by Gasteiger charge is -2.09. The van der Waals surface area contributed by atoms with Crippen LogP contribution >= 0.6 is 15.9 Å². The van der Waals surface area contributed by atoms with E-state index in [1.54, 1.807) is 0 Å². The Hall–Kier alpha value is -0.430. The third kappa shape index (κ3) is 2.54. The van der Waals surface area contributed by atoms with Gasteiger partial charge in [0.2, 0.25) is 0 Å². The van der Waals surface area contributed by atoms with Crippen LogP contribution in [0.2, 0.25) is 0 Å². The molecule has 0 spiro atoms. The summed E-state index contributed by atoms with van der Waals surface area (Å²) in [5, 5.41) is -0.444. The van der Waals surface area contributed by atoms with Gasteiger partial charge in [-0.2, -0.15) is 13.2 Å². The van der Waals surface area contributed by atoms with E-state index in [-0.39, 0.29) is 4.47 Å². The number of halogens is 4. The highest BCUT2D eigenvalue weighted by Gasteiger charge is 2.35. The van der Waals surface area contributed by atoms with E-state index in [2.05, 4.69) is 20.9 Å². The molecule has 1 aromatic rings. The van der Waals surface area contributed by atoms with Gasteiger partial charge in [-0.15, -0.1) is 0 Å². The van der Waals surface area contributed by atoms with Crippen LogP contribution in [0, 0.1) is 0 Å². The SMILES string of the molecule is CS(=O)c1ncc(Br)cc1C(F)(F)F. The van der Waals surface area contributed by atoms with Crippen molar-refractivity contribution in [2.75, 3.05) is 6.26 Å². The number of hydrogen-bond acceptors (Lipinski definition) is 2. The molecule has 0 aliphatic heterocycles. The van der Waals surface area contributed by atoms with Crippen molar-refractivity contribution in [3.63, 3.8) is 0 Å². The maximum atomic E-state index is 12.4.